The van der Waals surface area contributed by atoms with Crippen LogP contribution in [0.3, 0.4) is 0 Å². The van der Waals surface area contributed by atoms with Gasteiger partial charge in [0.05, 0.1) is 0 Å². The number of carbonyl (C=O) groups excluding carboxylic acids is 1. The van der Waals surface area contributed by atoms with E-state index in [2.05, 4.69) is 0 Å². The van der Waals surface area contributed by atoms with Crippen LogP contribution >= 0.6 is 11.8 Å². The van der Waals surface area contributed by atoms with Crippen LogP contribution in [0.1, 0.15) is 12.8 Å². The molecule has 1 fully saturated rings. The number of hydrogen-bond acceptors (Lipinski definition) is 2. The lowest BCUT2D eigenvalue weighted by Crippen LogP contribution is -1.88. The Balaban J connectivity index is 2.25. The van der Waals surface area contributed by atoms with Gasteiger partial charge in [0.25, 0.3) is 0 Å². The highest BCUT2D eigenvalue weighted by atomic mass is 32.2. The van der Waals surface area contributed by atoms with Crippen molar-refractivity contribution in [3.05, 3.63) is 12.2 Å². The molecule has 1 atom stereocenters. The molecule has 0 bridgehead atoms. The van der Waals surface area contributed by atoms with Crippen LogP contribution in [-0.4, -0.2) is 17.3 Å². The van der Waals surface area contributed by atoms with Crippen LogP contribution in [0.25, 0.3) is 0 Å². The zero-order valence-electron chi connectivity index (χ0n) is 5.25. The Bertz CT molecular complexity index is 114. The topological polar surface area (TPSA) is 17.1 Å². The minimum atomic E-state index is 0.621. The van der Waals surface area contributed by atoms with Crippen LogP contribution in [0.15, 0.2) is 12.2 Å². The summed E-state index contributed by atoms with van der Waals surface area (Å²) in [7, 11) is 0. The van der Waals surface area contributed by atoms with E-state index in [0.29, 0.717) is 5.25 Å². The van der Waals surface area contributed by atoms with E-state index >= 15 is 0 Å². The SMILES string of the molecule is O=C/C=C/C1CCCS1. The number of hydrogen-bond donors (Lipinski definition) is 0. The molecule has 1 unspecified atom stereocenters. The first-order chi connectivity index (χ1) is 4.43. The average Bonchev–Trinajstić information content (AvgIpc) is 2.34. The molecule has 50 valence electrons. The van der Waals surface area contributed by atoms with E-state index < -0.39 is 0 Å². The van der Waals surface area contributed by atoms with Gasteiger partial charge in [-0.1, -0.05) is 6.08 Å². The van der Waals surface area contributed by atoms with E-state index in [4.69, 9.17) is 0 Å². The number of allylic oxidation sites excluding steroid dienone is 1. The van der Waals surface area contributed by atoms with Crippen LogP contribution < -0.4 is 0 Å². The smallest absolute Gasteiger partial charge is 0.142 e. The molecule has 0 aromatic rings. The van der Waals surface area contributed by atoms with Gasteiger partial charge in [-0.2, -0.15) is 11.8 Å². The summed E-state index contributed by atoms with van der Waals surface area (Å²) in [6.45, 7) is 0. The molecule has 1 heterocycles. The highest BCUT2D eigenvalue weighted by Crippen LogP contribution is 2.26. The van der Waals surface area contributed by atoms with Gasteiger partial charge in [0.15, 0.2) is 0 Å². The normalized spacial score (nSPS) is 27.3. The zero-order chi connectivity index (χ0) is 6.53. The van der Waals surface area contributed by atoms with Crippen LogP contribution in [0.5, 0.6) is 0 Å². The Kier molecular flexibility index (Phi) is 2.84. The van der Waals surface area contributed by atoms with Crippen LogP contribution in [0.4, 0.5) is 0 Å². The zero-order valence-corrected chi connectivity index (χ0v) is 6.06. The van der Waals surface area contributed by atoms with Gasteiger partial charge in [-0.3, -0.25) is 4.79 Å². The Hall–Kier alpha value is -0.240. The first kappa shape index (κ1) is 6.87. The van der Waals surface area contributed by atoms with Gasteiger partial charge < -0.3 is 0 Å². The van der Waals surface area contributed by atoms with Gasteiger partial charge >= 0.3 is 0 Å². The summed E-state index contributed by atoms with van der Waals surface area (Å²) < 4.78 is 0. The number of thioether (sulfide) groups is 1. The Morgan fingerprint density at radius 2 is 2.44 bits per heavy atom. The number of carbonyl (C=O) groups is 1. The third-order valence-electron chi connectivity index (χ3n) is 1.37. The highest BCUT2D eigenvalue weighted by Gasteiger charge is 2.10. The second-order valence-corrected chi connectivity index (χ2v) is 3.42. The molecular formula is C7H10OS. The fourth-order valence-electron chi connectivity index (χ4n) is 0.924. The van der Waals surface area contributed by atoms with Gasteiger partial charge in [-0.05, 0) is 24.7 Å². The molecular weight excluding hydrogens is 132 g/mol. The maximum absolute atomic E-state index is 9.87. The fraction of sp³-hybridized carbons (Fsp3) is 0.571. The Morgan fingerprint density at radius 1 is 1.56 bits per heavy atom. The van der Waals surface area contributed by atoms with Crippen molar-refractivity contribution in [2.75, 3.05) is 5.75 Å². The van der Waals surface area contributed by atoms with E-state index in [9.17, 15) is 4.79 Å². The molecule has 1 aliphatic heterocycles. The summed E-state index contributed by atoms with van der Waals surface area (Å²) in [5.41, 5.74) is 0. The Labute approximate surface area is 59.5 Å². The van der Waals surface area contributed by atoms with E-state index in [1.807, 2.05) is 17.8 Å². The maximum atomic E-state index is 9.87. The predicted molar refractivity (Wildman–Crippen MR) is 40.7 cm³/mol. The van der Waals surface area contributed by atoms with Crippen LogP contribution in [0.2, 0.25) is 0 Å². The molecule has 2 heteroatoms. The molecule has 1 saturated heterocycles. The molecule has 0 saturated carbocycles. The van der Waals surface area contributed by atoms with E-state index in [0.717, 1.165) is 6.29 Å². The summed E-state index contributed by atoms with van der Waals surface area (Å²) in [4.78, 5) is 9.87. The van der Waals surface area contributed by atoms with Crippen LogP contribution in [0, 0.1) is 0 Å². The number of rotatable bonds is 2. The van der Waals surface area contributed by atoms with Gasteiger partial charge in [0.2, 0.25) is 0 Å². The summed E-state index contributed by atoms with van der Waals surface area (Å²) in [6.07, 6.45) is 6.99. The van der Waals surface area contributed by atoms with Crippen molar-refractivity contribution in [1.29, 1.82) is 0 Å². The molecule has 9 heavy (non-hydrogen) atoms. The summed E-state index contributed by atoms with van der Waals surface area (Å²) >= 11 is 1.94. The van der Waals surface area contributed by atoms with Crippen molar-refractivity contribution in [3.8, 4) is 0 Å². The standard InChI is InChI=1S/C7H10OS/c8-5-1-3-7-4-2-6-9-7/h1,3,5,7H,2,4,6H2/b3-1+. The van der Waals surface area contributed by atoms with Gasteiger partial charge in [-0.15, -0.1) is 0 Å². The third kappa shape index (κ3) is 2.22. The molecule has 0 aromatic heterocycles. The fourth-order valence-corrected chi connectivity index (χ4v) is 2.09. The second-order valence-electron chi connectivity index (χ2n) is 2.07. The molecule has 0 aliphatic carbocycles. The third-order valence-corrected chi connectivity index (χ3v) is 2.71. The van der Waals surface area contributed by atoms with Gasteiger partial charge in [0, 0.05) is 5.25 Å². The molecule has 0 spiro atoms. The maximum Gasteiger partial charge on any atom is 0.142 e. The second kappa shape index (κ2) is 3.72. The Morgan fingerprint density at radius 3 is 3.00 bits per heavy atom. The van der Waals surface area contributed by atoms with E-state index in [1.165, 1.54) is 18.6 Å². The van der Waals surface area contributed by atoms with Crippen molar-refractivity contribution in [3.63, 3.8) is 0 Å². The summed E-state index contributed by atoms with van der Waals surface area (Å²) in [6, 6.07) is 0. The van der Waals surface area contributed by atoms with E-state index in [1.54, 1.807) is 6.08 Å². The van der Waals surface area contributed by atoms with E-state index in [-0.39, 0.29) is 0 Å². The molecule has 0 aromatic carbocycles. The number of aldehydes is 1. The van der Waals surface area contributed by atoms with Crippen molar-refractivity contribution in [1.82, 2.24) is 0 Å². The minimum Gasteiger partial charge on any atom is -0.299 e. The first-order valence-corrected chi connectivity index (χ1v) is 4.22. The monoisotopic (exact) mass is 142 g/mol. The molecule has 0 amide bonds. The minimum absolute atomic E-state index is 0.621. The van der Waals surface area contributed by atoms with Crippen LogP contribution in [-0.2, 0) is 4.79 Å². The predicted octanol–water partition coefficient (Wildman–Crippen LogP) is 1.64. The molecule has 0 radical (unpaired) electrons. The highest BCUT2D eigenvalue weighted by molar-refractivity contribution is 8.00. The van der Waals surface area contributed by atoms with Crippen molar-refractivity contribution in [2.24, 2.45) is 0 Å². The summed E-state index contributed by atoms with van der Waals surface area (Å²) in [5, 5.41) is 0.621. The van der Waals surface area contributed by atoms with Crippen molar-refractivity contribution >= 4 is 18.0 Å². The lowest BCUT2D eigenvalue weighted by Gasteiger charge is -1.95. The summed E-state index contributed by atoms with van der Waals surface area (Å²) in [5.74, 6) is 1.26. The quantitative estimate of drug-likeness (QED) is 0.430. The van der Waals surface area contributed by atoms with Crippen molar-refractivity contribution < 1.29 is 4.79 Å². The molecule has 1 rings (SSSR count). The molecule has 1 aliphatic rings. The lowest BCUT2D eigenvalue weighted by atomic mass is 10.2. The molecule has 1 nitrogen and oxygen atoms in total. The lowest BCUT2D eigenvalue weighted by molar-refractivity contribution is -0.104. The largest absolute Gasteiger partial charge is 0.299 e. The van der Waals surface area contributed by atoms with Crippen molar-refractivity contribution in [2.45, 2.75) is 18.1 Å². The average molecular weight is 142 g/mol. The molecule has 0 N–H and O–H groups in total. The van der Waals surface area contributed by atoms with Gasteiger partial charge in [0.1, 0.15) is 6.29 Å². The first-order valence-electron chi connectivity index (χ1n) is 3.17. The van der Waals surface area contributed by atoms with Gasteiger partial charge in [-0.25, -0.2) is 0 Å².